The van der Waals surface area contributed by atoms with E-state index < -0.39 is 0 Å². The van der Waals surface area contributed by atoms with Crippen LogP contribution in [0.3, 0.4) is 0 Å². The number of fused-ring (bicyclic) bond motifs is 1. The second-order valence-electron chi connectivity index (χ2n) is 8.83. The van der Waals surface area contributed by atoms with Gasteiger partial charge >= 0.3 is 0 Å². The van der Waals surface area contributed by atoms with E-state index in [0.29, 0.717) is 5.92 Å². The van der Waals surface area contributed by atoms with E-state index in [1.165, 1.54) is 12.0 Å². The molecule has 1 aromatic heterocycles. The molecule has 1 atom stereocenters. The normalized spacial score (nSPS) is 17.3. The van der Waals surface area contributed by atoms with Gasteiger partial charge in [-0.15, -0.1) is 0 Å². The van der Waals surface area contributed by atoms with Crippen LogP contribution < -0.4 is 4.74 Å². The van der Waals surface area contributed by atoms with Crippen LogP contribution in [0.15, 0.2) is 47.1 Å². The fraction of sp³-hybridized carbons (Fsp3) is 0.370. The second-order valence-corrected chi connectivity index (χ2v) is 8.83. The maximum absolute atomic E-state index is 12.9. The molecular weight excluding hydrogens is 386 g/mol. The zero-order valence-corrected chi connectivity index (χ0v) is 19.1. The largest absolute Gasteiger partial charge is 0.496 e. The van der Waals surface area contributed by atoms with E-state index in [4.69, 9.17) is 9.15 Å². The first kappa shape index (κ1) is 21.2. The molecule has 1 aliphatic rings. The molecule has 0 saturated carbocycles. The van der Waals surface area contributed by atoms with Gasteiger partial charge in [0.25, 0.3) is 0 Å². The lowest BCUT2D eigenvalue weighted by atomic mass is 9.96. The molecule has 1 unspecified atom stereocenters. The van der Waals surface area contributed by atoms with Crippen molar-refractivity contribution >= 4 is 22.4 Å². The summed E-state index contributed by atoms with van der Waals surface area (Å²) in [5.74, 6) is 1.39. The number of piperidine rings is 1. The summed E-state index contributed by atoms with van der Waals surface area (Å²) in [6.07, 6.45) is 5.83. The molecule has 31 heavy (non-hydrogen) atoms. The molecule has 0 N–H and O–H groups in total. The van der Waals surface area contributed by atoms with Gasteiger partial charge in [-0.05, 0) is 56.7 Å². The molecule has 4 rings (SSSR count). The lowest BCUT2D eigenvalue weighted by Gasteiger charge is -2.30. The first-order valence-corrected chi connectivity index (χ1v) is 11.0. The molecule has 0 bridgehead atoms. The minimum Gasteiger partial charge on any atom is -0.496 e. The molecule has 1 saturated heterocycles. The topological polar surface area (TPSA) is 42.7 Å². The molecule has 0 aliphatic carbocycles. The summed E-state index contributed by atoms with van der Waals surface area (Å²) >= 11 is 0. The van der Waals surface area contributed by atoms with Gasteiger partial charge in [0.1, 0.15) is 11.3 Å². The van der Waals surface area contributed by atoms with E-state index >= 15 is 0 Å². The minimum absolute atomic E-state index is 0.0785. The minimum atomic E-state index is 0.0785. The Hall–Kier alpha value is -3.01. The van der Waals surface area contributed by atoms with Crippen molar-refractivity contribution in [2.75, 3.05) is 20.2 Å². The molecule has 4 heteroatoms. The average Bonchev–Trinajstić information content (AvgIpc) is 3.18. The molecule has 3 aromatic rings. The van der Waals surface area contributed by atoms with Crippen LogP contribution in [0.4, 0.5) is 0 Å². The number of amides is 1. The number of hydrogen-bond donors (Lipinski definition) is 0. The molecule has 1 amide bonds. The number of furan rings is 1. The number of methoxy groups -OCH3 is 1. The molecule has 1 aliphatic heterocycles. The van der Waals surface area contributed by atoms with Gasteiger partial charge in [0.15, 0.2) is 0 Å². The van der Waals surface area contributed by atoms with Crippen LogP contribution in [0, 0.1) is 19.8 Å². The lowest BCUT2D eigenvalue weighted by Crippen LogP contribution is -2.38. The number of nitrogens with zero attached hydrogens (tertiary/aromatic N) is 1. The third kappa shape index (κ3) is 4.12. The highest BCUT2D eigenvalue weighted by Crippen LogP contribution is 2.40. The van der Waals surface area contributed by atoms with Gasteiger partial charge in [0, 0.05) is 41.2 Å². The van der Waals surface area contributed by atoms with E-state index in [9.17, 15) is 4.79 Å². The summed E-state index contributed by atoms with van der Waals surface area (Å²) in [4.78, 5) is 14.9. The number of allylic oxidation sites excluding steroid dienone is 1. The van der Waals surface area contributed by atoms with Crippen molar-refractivity contribution in [3.8, 4) is 16.9 Å². The number of aryl methyl sites for hydroxylation is 2. The van der Waals surface area contributed by atoms with E-state index in [2.05, 4.69) is 44.2 Å². The van der Waals surface area contributed by atoms with Gasteiger partial charge in [-0.3, -0.25) is 4.79 Å². The van der Waals surface area contributed by atoms with Crippen LogP contribution in [0.5, 0.6) is 5.75 Å². The number of ether oxygens (including phenoxy) is 1. The number of hydrogen-bond acceptors (Lipinski definition) is 3. The Morgan fingerprint density at radius 3 is 2.65 bits per heavy atom. The molecule has 2 heterocycles. The highest BCUT2D eigenvalue weighted by molar-refractivity contribution is 6.01. The fourth-order valence-corrected chi connectivity index (χ4v) is 4.57. The Morgan fingerprint density at radius 2 is 1.97 bits per heavy atom. The predicted molar refractivity (Wildman–Crippen MR) is 126 cm³/mol. The molecule has 2 aromatic carbocycles. The maximum atomic E-state index is 12.9. The molecule has 1 fully saturated rings. The Morgan fingerprint density at radius 1 is 1.23 bits per heavy atom. The lowest BCUT2D eigenvalue weighted by molar-refractivity contribution is -0.127. The van der Waals surface area contributed by atoms with Crippen LogP contribution in [-0.2, 0) is 4.79 Å². The summed E-state index contributed by atoms with van der Waals surface area (Å²) in [7, 11) is 1.67. The van der Waals surface area contributed by atoms with Gasteiger partial charge in [0.05, 0.1) is 13.4 Å². The van der Waals surface area contributed by atoms with Crippen LogP contribution >= 0.6 is 0 Å². The second kappa shape index (κ2) is 8.62. The van der Waals surface area contributed by atoms with Crippen LogP contribution in [-0.4, -0.2) is 31.0 Å². The molecular formula is C27H31NO3. The number of rotatable bonds is 4. The SMILES string of the molecule is COc1c(/C(C)=C/C(=O)N2CCCC(C)C2)cc2c(-c3ccc(C)cc3)coc2c1C. The predicted octanol–water partition coefficient (Wildman–Crippen LogP) is 6.39. The van der Waals surface area contributed by atoms with E-state index in [1.54, 1.807) is 13.2 Å². The van der Waals surface area contributed by atoms with Crippen molar-refractivity contribution in [1.29, 1.82) is 0 Å². The zero-order chi connectivity index (χ0) is 22.1. The van der Waals surface area contributed by atoms with Gasteiger partial charge < -0.3 is 14.1 Å². The highest BCUT2D eigenvalue weighted by Gasteiger charge is 2.22. The Balaban J connectivity index is 1.78. The first-order chi connectivity index (χ1) is 14.9. The van der Waals surface area contributed by atoms with Crippen LogP contribution in [0.2, 0.25) is 0 Å². The summed E-state index contributed by atoms with van der Waals surface area (Å²) < 4.78 is 11.7. The van der Waals surface area contributed by atoms with E-state index in [0.717, 1.165) is 64.1 Å². The van der Waals surface area contributed by atoms with E-state index in [-0.39, 0.29) is 5.91 Å². The monoisotopic (exact) mass is 417 g/mol. The first-order valence-electron chi connectivity index (χ1n) is 11.0. The van der Waals surface area contributed by atoms with Crippen molar-refractivity contribution in [2.24, 2.45) is 5.92 Å². The number of benzene rings is 2. The Bertz CT molecular complexity index is 1140. The summed E-state index contributed by atoms with van der Waals surface area (Å²) in [5, 5.41) is 1.03. The van der Waals surface area contributed by atoms with Crippen molar-refractivity contribution in [2.45, 2.75) is 40.5 Å². The van der Waals surface area contributed by atoms with Crippen molar-refractivity contribution in [3.63, 3.8) is 0 Å². The maximum Gasteiger partial charge on any atom is 0.246 e. The summed E-state index contributed by atoms with van der Waals surface area (Å²) in [5.41, 5.74) is 6.98. The van der Waals surface area contributed by atoms with Crippen LogP contribution in [0.25, 0.3) is 27.7 Å². The van der Waals surface area contributed by atoms with E-state index in [1.807, 2.05) is 25.0 Å². The highest BCUT2D eigenvalue weighted by atomic mass is 16.5. The van der Waals surface area contributed by atoms with Gasteiger partial charge in [0.2, 0.25) is 5.91 Å². The number of likely N-dealkylation sites (tertiary alicyclic amines) is 1. The molecule has 0 spiro atoms. The summed E-state index contributed by atoms with van der Waals surface area (Å²) in [6.45, 7) is 9.95. The summed E-state index contributed by atoms with van der Waals surface area (Å²) in [6, 6.07) is 10.5. The Kier molecular flexibility index (Phi) is 5.90. The number of carbonyl (C=O) groups is 1. The third-order valence-corrected chi connectivity index (χ3v) is 6.34. The molecule has 4 nitrogen and oxygen atoms in total. The fourth-order valence-electron chi connectivity index (χ4n) is 4.57. The van der Waals surface area contributed by atoms with Crippen molar-refractivity contribution in [1.82, 2.24) is 4.90 Å². The smallest absolute Gasteiger partial charge is 0.246 e. The Labute approximate surface area is 184 Å². The zero-order valence-electron chi connectivity index (χ0n) is 19.1. The third-order valence-electron chi connectivity index (χ3n) is 6.34. The number of carbonyl (C=O) groups excluding carboxylic acids is 1. The van der Waals surface area contributed by atoms with Crippen molar-refractivity contribution in [3.05, 3.63) is 59.4 Å². The van der Waals surface area contributed by atoms with Gasteiger partial charge in [-0.25, -0.2) is 0 Å². The standard InChI is InChI=1S/C27H31NO3/c1-17-8-10-21(11-9-17)24-16-31-27-20(4)26(30-5)22(14-23(24)27)19(3)13-25(29)28-12-6-7-18(2)15-28/h8-11,13-14,16,18H,6-7,12,15H2,1-5H3/b19-13+. The quantitative estimate of drug-likeness (QED) is 0.462. The molecule has 162 valence electrons. The van der Waals surface area contributed by atoms with Gasteiger partial charge in [-0.1, -0.05) is 36.8 Å². The van der Waals surface area contributed by atoms with Gasteiger partial charge in [-0.2, -0.15) is 0 Å². The van der Waals surface area contributed by atoms with Crippen molar-refractivity contribution < 1.29 is 13.9 Å². The van der Waals surface area contributed by atoms with Crippen LogP contribution in [0.1, 0.15) is 43.4 Å². The average molecular weight is 418 g/mol. The molecule has 0 radical (unpaired) electrons.